The molecule has 0 bridgehead atoms. The Morgan fingerprint density at radius 1 is 0.429 bits per heavy atom. The molecular formula is C38H22O2S2. The van der Waals surface area contributed by atoms with E-state index in [1.807, 2.05) is 133 Å². The van der Waals surface area contributed by atoms with Gasteiger partial charge in [-0.3, -0.25) is 9.59 Å². The zero-order valence-electron chi connectivity index (χ0n) is 22.3. The summed E-state index contributed by atoms with van der Waals surface area (Å²) in [7, 11) is 0. The van der Waals surface area contributed by atoms with E-state index in [2.05, 4.69) is 23.7 Å². The van der Waals surface area contributed by atoms with Crippen LogP contribution in [0.2, 0.25) is 0 Å². The van der Waals surface area contributed by atoms with Gasteiger partial charge in [0.25, 0.3) is 0 Å². The van der Waals surface area contributed by atoms with Gasteiger partial charge >= 0.3 is 0 Å². The van der Waals surface area contributed by atoms with Crippen LogP contribution in [-0.2, 0) is 0 Å². The Balaban J connectivity index is 1.51. The molecule has 0 aliphatic heterocycles. The van der Waals surface area contributed by atoms with Gasteiger partial charge in [-0.2, -0.15) is 0 Å². The van der Waals surface area contributed by atoms with Crippen molar-refractivity contribution in [2.75, 3.05) is 0 Å². The van der Waals surface area contributed by atoms with Crippen molar-refractivity contribution in [3.63, 3.8) is 0 Å². The number of carbonyl (C=O) groups excluding carboxylic acids is 2. The third-order valence-corrected chi connectivity index (χ3v) is 8.85. The van der Waals surface area contributed by atoms with Crippen molar-refractivity contribution in [3.05, 3.63) is 177 Å². The summed E-state index contributed by atoms with van der Waals surface area (Å²) >= 11 is 2.77. The molecule has 0 aliphatic carbocycles. The van der Waals surface area contributed by atoms with Crippen LogP contribution in [-0.4, -0.2) is 11.6 Å². The lowest BCUT2D eigenvalue weighted by atomic mass is 10.1. The van der Waals surface area contributed by atoms with Crippen molar-refractivity contribution >= 4 is 34.2 Å². The van der Waals surface area contributed by atoms with Gasteiger partial charge in [0.05, 0.1) is 19.5 Å². The first kappa shape index (κ1) is 26.9. The quantitative estimate of drug-likeness (QED) is 0.152. The average molecular weight is 575 g/mol. The fourth-order valence-corrected chi connectivity index (χ4v) is 6.62. The van der Waals surface area contributed by atoms with E-state index in [1.54, 1.807) is 0 Å². The van der Waals surface area contributed by atoms with E-state index >= 15 is 0 Å². The summed E-state index contributed by atoms with van der Waals surface area (Å²) in [6, 6.07) is 41.7. The molecule has 0 saturated heterocycles. The molecule has 0 aliphatic rings. The van der Waals surface area contributed by atoms with Crippen molar-refractivity contribution < 1.29 is 9.59 Å². The van der Waals surface area contributed by atoms with E-state index in [4.69, 9.17) is 0 Å². The highest BCUT2D eigenvalue weighted by molar-refractivity contribution is 7.24. The van der Waals surface area contributed by atoms with Gasteiger partial charge in [0.2, 0.25) is 11.6 Å². The molecule has 0 fully saturated rings. The van der Waals surface area contributed by atoms with Crippen LogP contribution in [0.1, 0.15) is 52.7 Å². The third-order valence-electron chi connectivity index (χ3n) is 6.42. The molecule has 0 radical (unpaired) electrons. The Labute approximate surface area is 253 Å². The zero-order valence-corrected chi connectivity index (χ0v) is 24.0. The van der Waals surface area contributed by atoms with E-state index in [0.717, 1.165) is 32.0 Å². The Morgan fingerprint density at radius 3 is 1.12 bits per heavy atom. The maximum atomic E-state index is 13.5. The Morgan fingerprint density at radius 2 is 0.762 bits per heavy atom. The van der Waals surface area contributed by atoms with Gasteiger partial charge in [-0.25, -0.2) is 0 Å². The van der Waals surface area contributed by atoms with Gasteiger partial charge in [-0.1, -0.05) is 121 Å². The minimum absolute atomic E-state index is 0.0660. The molecule has 0 spiro atoms. The topological polar surface area (TPSA) is 34.1 Å². The van der Waals surface area contributed by atoms with E-state index in [9.17, 15) is 9.59 Å². The molecule has 6 rings (SSSR count). The summed E-state index contributed by atoms with van der Waals surface area (Å²) in [6.45, 7) is 0. The van der Waals surface area contributed by atoms with Crippen LogP contribution in [0.25, 0.3) is 9.75 Å². The van der Waals surface area contributed by atoms with Crippen LogP contribution >= 0.6 is 22.7 Å². The summed E-state index contributed by atoms with van der Waals surface area (Å²) in [4.78, 5) is 29.8. The lowest BCUT2D eigenvalue weighted by Crippen LogP contribution is -1.97. The zero-order chi connectivity index (χ0) is 28.7. The van der Waals surface area contributed by atoms with Crippen LogP contribution in [0.15, 0.2) is 133 Å². The number of rotatable bonds is 5. The number of carbonyl (C=O) groups is 2. The molecule has 198 valence electrons. The first-order chi connectivity index (χ1) is 20.7. The second-order valence-electron chi connectivity index (χ2n) is 9.33. The molecule has 42 heavy (non-hydrogen) atoms. The summed E-state index contributed by atoms with van der Waals surface area (Å²) in [5, 5.41) is 0. The van der Waals surface area contributed by atoms with E-state index in [0.29, 0.717) is 20.9 Å². The van der Waals surface area contributed by atoms with Crippen LogP contribution in [0.5, 0.6) is 0 Å². The van der Waals surface area contributed by atoms with Crippen LogP contribution in [0.3, 0.4) is 0 Å². The van der Waals surface area contributed by atoms with Crippen LogP contribution < -0.4 is 0 Å². The molecular weight excluding hydrogens is 553 g/mol. The Kier molecular flexibility index (Phi) is 8.02. The molecule has 0 N–H and O–H groups in total. The van der Waals surface area contributed by atoms with Crippen molar-refractivity contribution in [2.24, 2.45) is 0 Å². The van der Waals surface area contributed by atoms with Crippen molar-refractivity contribution in [3.8, 4) is 33.4 Å². The van der Waals surface area contributed by atoms with Gasteiger partial charge < -0.3 is 0 Å². The molecule has 0 unspecified atom stereocenters. The van der Waals surface area contributed by atoms with Gasteiger partial charge in [-0.05, 0) is 36.4 Å². The number of hydrogen-bond acceptors (Lipinski definition) is 4. The predicted octanol–water partition coefficient (Wildman–Crippen LogP) is 8.74. The van der Waals surface area contributed by atoms with E-state index < -0.39 is 0 Å². The van der Waals surface area contributed by atoms with Crippen molar-refractivity contribution in [1.82, 2.24) is 0 Å². The maximum Gasteiger partial charge on any atom is 0.203 e. The smallest absolute Gasteiger partial charge is 0.203 e. The molecule has 0 saturated carbocycles. The molecule has 2 heterocycles. The lowest BCUT2D eigenvalue weighted by Gasteiger charge is -1.98. The molecule has 4 aromatic carbocycles. The molecule has 6 aromatic rings. The van der Waals surface area contributed by atoms with Gasteiger partial charge in [0.1, 0.15) is 0 Å². The number of hydrogen-bond donors (Lipinski definition) is 0. The Hall–Kier alpha value is -5.26. The van der Waals surface area contributed by atoms with E-state index in [1.165, 1.54) is 22.7 Å². The van der Waals surface area contributed by atoms with Crippen molar-refractivity contribution in [2.45, 2.75) is 0 Å². The maximum absolute atomic E-state index is 13.5. The lowest BCUT2D eigenvalue weighted by molar-refractivity contribution is 0.103. The van der Waals surface area contributed by atoms with Gasteiger partial charge in [-0.15, -0.1) is 22.7 Å². The summed E-state index contributed by atoms with van der Waals surface area (Å²) in [6.07, 6.45) is 0. The van der Waals surface area contributed by atoms with Gasteiger partial charge in [0, 0.05) is 33.4 Å². The first-order valence-electron chi connectivity index (χ1n) is 13.3. The standard InChI is InChI=1S/C38H22O2S2/c39-35(29-17-9-3-10-18-29)33-25-31(23-21-27-13-5-1-6-14-27)37(41-33)38-32(24-22-28-15-7-2-8-16-28)26-34(42-38)36(40)30-19-11-4-12-20-30/h1-20,25-26H. The Bertz CT molecular complexity index is 1850. The number of ketones is 2. The van der Waals surface area contributed by atoms with E-state index in [-0.39, 0.29) is 11.6 Å². The molecule has 0 amide bonds. The number of benzene rings is 4. The fourth-order valence-electron chi connectivity index (χ4n) is 4.31. The van der Waals surface area contributed by atoms with Crippen LogP contribution in [0.4, 0.5) is 0 Å². The molecule has 2 nitrogen and oxygen atoms in total. The summed E-state index contributed by atoms with van der Waals surface area (Å²) in [5.41, 5.74) is 4.44. The fraction of sp³-hybridized carbons (Fsp3) is 0. The second-order valence-corrected chi connectivity index (χ2v) is 11.4. The monoisotopic (exact) mass is 574 g/mol. The normalized spacial score (nSPS) is 10.2. The summed E-state index contributed by atoms with van der Waals surface area (Å²) < 4.78 is 0. The molecule has 4 heteroatoms. The second kappa shape index (κ2) is 12.5. The SMILES string of the molecule is O=C(c1ccccc1)c1cc(C#Cc2ccccc2)c(-c2sc(C(=O)c3ccccc3)cc2C#Cc2ccccc2)s1. The van der Waals surface area contributed by atoms with Crippen LogP contribution in [0, 0.1) is 23.7 Å². The van der Waals surface area contributed by atoms with Crippen molar-refractivity contribution in [1.29, 1.82) is 0 Å². The molecule has 2 aromatic heterocycles. The average Bonchev–Trinajstić information content (AvgIpc) is 3.68. The third kappa shape index (κ3) is 6.07. The number of thiophene rings is 2. The largest absolute Gasteiger partial charge is 0.288 e. The summed E-state index contributed by atoms with van der Waals surface area (Å²) in [5.74, 6) is 13.0. The highest BCUT2D eigenvalue weighted by Gasteiger charge is 2.22. The van der Waals surface area contributed by atoms with Gasteiger partial charge in [0.15, 0.2) is 0 Å². The predicted molar refractivity (Wildman–Crippen MR) is 172 cm³/mol. The molecule has 0 atom stereocenters. The minimum atomic E-state index is -0.0660. The first-order valence-corrected chi connectivity index (χ1v) is 14.9. The minimum Gasteiger partial charge on any atom is -0.288 e. The highest BCUT2D eigenvalue weighted by Crippen LogP contribution is 2.41. The highest BCUT2D eigenvalue weighted by atomic mass is 32.1.